The van der Waals surface area contributed by atoms with Crippen LogP contribution in [0.15, 0.2) is 48.5 Å². The molecule has 0 atom stereocenters. The predicted molar refractivity (Wildman–Crippen MR) is 91.1 cm³/mol. The second-order valence-corrected chi connectivity index (χ2v) is 5.27. The summed E-state index contributed by atoms with van der Waals surface area (Å²) in [4.78, 5) is 11.8. The van der Waals surface area contributed by atoms with Gasteiger partial charge < -0.3 is 10.6 Å². The molecule has 2 aromatic carbocycles. The fourth-order valence-corrected chi connectivity index (χ4v) is 2.10. The molecule has 2 N–H and O–H groups in total. The Kier molecular flexibility index (Phi) is 5.72. The standard InChI is InChI=1S/C16H15ClN2OS/c17-14-5-1-13(2-6-14)11-18-16(20)19-15-7-3-12(4-8-15)9-10-21/h1-8,10H,9,11H2,(H2,18,19,20). The van der Waals surface area contributed by atoms with Crippen LogP contribution in [0.4, 0.5) is 10.5 Å². The molecule has 0 fully saturated rings. The van der Waals surface area contributed by atoms with Gasteiger partial charge in [-0.15, -0.1) is 0 Å². The lowest BCUT2D eigenvalue weighted by atomic mass is 10.1. The van der Waals surface area contributed by atoms with Crippen LogP contribution in [0.1, 0.15) is 11.1 Å². The van der Waals surface area contributed by atoms with E-state index in [1.165, 1.54) is 0 Å². The fraction of sp³-hybridized carbons (Fsp3) is 0.125. The van der Waals surface area contributed by atoms with Crippen LogP contribution in [0, 0.1) is 0 Å². The summed E-state index contributed by atoms with van der Waals surface area (Å²) in [6.45, 7) is 0.450. The summed E-state index contributed by atoms with van der Waals surface area (Å²) in [5.74, 6) is 0. The van der Waals surface area contributed by atoms with Gasteiger partial charge in [-0.1, -0.05) is 48.1 Å². The average molecular weight is 319 g/mol. The van der Waals surface area contributed by atoms with Gasteiger partial charge in [0.1, 0.15) is 0 Å². The first-order chi connectivity index (χ1) is 10.2. The van der Waals surface area contributed by atoms with Gasteiger partial charge >= 0.3 is 6.03 Å². The number of carbonyl (C=O) groups is 1. The van der Waals surface area contributed by atoms with E-state index in [0.717, 1.165) is 23.2 Å². The van der Waals surface area contributed by atoms with E-state index in [1.54, 1.807) is 17.5 Å². The van der Waals surface area contributed by atoms with Crippen molar-refractivity contribution < 1.29 is 4.79 Å². The number of anilines is 1. The predicted octanol–water partition coefficient (Wildman–Crippen LogP) is 4.20. The normalized spacial score (nSPS) is 9.95. The monoisotopic (exact) mass is 318 g/mol. The van der Waals surface area contributed by atoms with E-state index in [1.807, 2.05) is 36.4 Å². The first kappa shape index (κ1) is 15.5. The van der Waals surface area contributed by atoms with Crippen molar-refractivity contribution in [2.45, 2.75) is 13.0 Å². The molecule has 0 radical (unpaired) electrons. The van der Waals surface area contributed by atoms with Crippen molar-refractivity contribution in [1.29, 1.82) is 0 Å². The van der Waals surface area contributed by atoms with Gasteiger partial charge in [0.25, 0.3) is 0 Å². The molecule has 0 aliphatic rings. The highest BCUT2D eigenvalue weighted by molar-refractivity contribution is 7.78. The van der Waals surface area contributed by atoms with Crippen LogP contribution in [0.5, 0.6) is 0 Å². The minimum absolute atomic E-state index is 0.243. The van der Waals surface area contributed by atoms with Gasteiger partial charge in [0.15, 0.2) is 0 Å². The van der Waals surface area contributed by atoms with Gasteiger partial charge in [-0.3, -0.25) is 0 Å². The van der Waals surface area contributed by atoms with E-state index in [0.29, 0.717) is 11.6 Å². The number of halogens is 1. The van der Waals surface area contributed by atoms with Gasteiger partial charge in [-0.2, -0.15) is 0 Å². The Bertz CT molecular complexity index is 611. The molecule has 0 heterocycles. The van der Waals surface area contributed by atoms with E-state index in [4.69, 9.17) is 23.8 Å². The lowest BCUT2D eigenvalue weighted by molar-refractivity contribution is 0.251. The Balaban J connectivity index is 1.83. The highest BCUT2D eigenvalue weighted by Crippen LogP contribution is 2.11. The van der Waals surface area contributed by atoms with Crippen molar-refractivity contribution in [2.24, 2.45) is 0 Å². The molecule has 0 unspecified atom stereocenters. The average Bonchev–Trinajstić information content (AvgIpc) is 2.49. The Morgan fingerprint density at radius 3 is 2.29 bits per heavy atom. The molecule has 5 heteroatoms. The van der Waals surface area contributed by atoms with E-state index in [9.17, 15) is 4.79 Å². The molecule has 0 saturated carbocycles. The van der Waals surface area contributed by atoms with Gasteiger partial charge in [-0.25, -0.2) is 4.79 Å². The maximum atomic E-state index is 11.8. The van der Waals surface area contributed by atoms with Crippen LogP contribution in [-0.2, 0) is 13.0 Å². The summed E-state index contributed by atoms with van der Waals surface area (Å²) in [5.41, 5.74) is 2.86. The first-order valence-corrected chi connectivity index (χ1v) is 7.34. The minimum atomic E-state index is -0.243. The number of nitrogens with one attached hydrogen (secondary N) is 2. The van der Waals surface area contributed by atoms with Crippen LogP contribution in [0.3, 0.4) is 0 Å². The van der Waals surface area contributed by atoms with Crippen molar-refractivity contribution in [3.8, 4) is 0 Å². The molecule has 0 aromatic heterocycles. The molecule has 0 aliphatic carbocycles. The van der Waals surface area contributed by atoms with Crippen molar-refractivity contribution >= 4 is 40.9 Å². The molecular formula is C16H15ClN2OS. The number of hydrogen-bond acceptors (Lipinski definition) is 2. The van der Waals surface area contributed by atoms with Gasteiger partial charge in [-0.05, 0) is 40.8 Å². The summed E-state index contributed by atoms with van der Waals surface area (Å²) >= 11 is 10.6. The number of hydrogen-bond donors (Lipinski definition) is 2. The van der Waals surface area contributed by atoms with E-state index >= 15 is 0 Å². The molecule has 0 saturated heterocycles. The molecule has 0 aliphatic heterocycles. The minimum Gasteiger partial charge on any atom is -0.334 e. The zero-order chi connectivity index (χ0) is 15.1. The van der Waals surface area contributed by atoms with Crippen molar-refractivity contribution in [1.82, 2.24) is 5.32 Å². The zero-order valence-electron chi connectivity index (χ0n) is 11.3. The van der Waals surface area contributed by atoms with Crippen molar-refractivity contribution in [2.75, 3.05) is 5.32 Å². The van der Waals surface area contributed by atoms with E-state index in [-0.39, 0.29) is 6.03 Å². The Hall–Kier alpha value is -1.91. The molecule has 3 nitrogen and oxygen atoms in total. The quantitative estimate of drug-likeness (QED) is 0.811. The van der Waals surface area contributed by atoms with Crippen LogP contribution in [0.25, 0.3) is 0 Å². The summed E-state index contributed by atoms with van der Waals surface area (Å²) in [6.07, 6.45) is 0.748. The first-order valence-electron chi connectivity index (χ1n) is 6.49. The van der Waals surface area contributed by atoms with Crippen molar-refractivity contribution in [3.05, 3.63) is 64.7 Å². The smallest absolute Gasteiger partial charge is 0.319 e. The number of benzene rings is 2. The molecule has 108 valence electrons. The number of rotatable bonds is 5. The Labute approximate surface area is 134 Å². The van der Waals surface area contributed by atoms with E-state index in [2.05, 4.69) is 10.6 Å². The molecule has 2 rings (SSSR count). The molecule has 0 spiro atoms. The summed E-state index contributed by atoms with van der Waals surface area (Å²) in [7, 11) is 0. The second kappa shape index (κ2) is 7.76. The SMILES string of the molecule is O=C(NCc1ccc(Cl)cc1)Nc1ccc(CC=S)cc1. The molecule has 2 amide bonds. The third-order valence-electron chi connectivity index (χ3n) is 2.90. The fourth-order valence-electron chi connectivity index (χ4n) is 1.78. The molecule has 21 heavy (non-hydrogen) atoms. The van der Waals surface area contributed by atoms with Crippen LogP contribution in [0.2, 0.25) is 5.02 Å². The maximum Gasteiger partial charge on any atom is 0.319 e. The summed E-state index contributed by atoms with van der Waals surface area (Å²) in [6, 6.07) is 14.7. The second-order valence-electron chi connectivity index (χ2n) is 4.50. The maximum absolute atomic E-state index is 11.8. The third kappa shape index (κ3) is 5.17. The Morgan fingerprint density at radius 1 is 1.05 bits per heavy atom. The highest BCUT2D eigenvalue weighted by atomic mass is 35.5. The zero-order valence-corrected chi connectivity index (χ0v) is 12.9. The van der Waals surface area contributed by atoms with E-state index < -0.39 is 0 Å². The number of thiocarbonyl (C=S) groups is 1. The topological polar surface area (TPSA) is 41.1 Å². The summed E-state index contributed by atoms with van der Waals surface area (Å²) in [5, 5.41) is 7.93. The van der Waals surface area contributed by atoms with Crippen LogP contribution >= 0.6 is 23.8 Å². The number of urea groups is 1. The van der Waals surface area contributed by atoms with Crippen LogP contribution in [-0.4, -0.2) is 11.4 Å². The lowest BCUT2D eigenvalue weighted by Gasteiger charge is -2.08. The highest BCUT2D eigenvalue weighted by Gasteiger charge is 2.02. The lowest BCUT2D eigenvalue weighted by Crippen LogP contribution is -2.28. The van der Waals surface area contributed by atoms with Crippen LogP contribution < -0.4 is 10.6 Å². The van der Waals surface area contributed by atoms with Gasteiger partial charge in [0.2, 0.25) is 0 Å². The third-order valence-corrected chi connectivity index (χ3v) is 3.32. The largest absolute Gasteiger partial charge is 0.334 e. The number of carbonyl (C=O) groups excluding carboxylic acids is 1. The molecular weight excluding hydrogens is 304 g/mol. The summed E-state index contributed by atoms with van der Waals surface area (Å²) < 4.78 is 0. The Morgan fingerprint density at radius 2 is 1.67 bits per heavy atom. The van der Waals surface area contributed by atoms with Crippen molar-refractivity contribution in [3.63, 3.8) is 0 Å². The number of amides is 2. The van der Waals surface area contributed by atoms with Gasteiger partial charge in [0, 0.05) is 23.7 Å². The molecule has 2 aromatic rings. The van der Waals surface area contributed by atoms with Gasteiger partial charge in [0.05, 0.1) is 0 Å². The molecule has 0 bridgehead atoms.